The average Bonchev–Trinajstić information content (AvgIpc) is 3.23. The van der Waals surface area contributed by atoms with Crippen LogP contribution in [0.4, 0.5) is 5.69 Å². The quantitative estimate of drug-likeness (QED) is 0.453. The fourth-order valence-corrected chi connectivity index (χ4v) is 3.13. The van der Waals surface area contributed by atoms with Gasteiger partial charge in [0.15, 0.2) is 6.61 Å². The number of nitrogens with zero attached hydrogens (tertiary/aromatic N) is 2. The summed E-state index contributed by atoms with van der Waals surface area (Å²) in [7, 11) is 0. The van der Waals surface area contributed by atoms with E-state index in [1.807, 2.05) is 49.4 Å². The number of nitrogens with one attached hydrogen (secondary N) is 1. The molecule has 0 radical (unpaired) electrons. The zero-order valence-electron chi connectivity index (χ0n) is 16.1. The van der Waals surface area contributed by atoms with Crippen molar-refractivity contribution in [3.8, 4) is 28.6 Å². The number of benzene rings is 3. The van der Waals surface area contributed by atoms with Crippen molar-refractivity contribution < 1.29 is 14.1 Å². The first kappa shape index (κ1) is 19.7. The number of rotatable bonds is 6. The van der Waals surface area contributed by atoms with Crippen LogP contribution in [0.3, 0.4) is 0 Å². The van der Waals surface area contributed by atoms with E-state index in [4.69, 9.17) is 20.9 Å². The summed E-state index contributed by atoms with van der Waals surface area (Å²) >= 11 is 5.94. The summed E-state index contributed by atoms with van der Waals surface area (Å²) in [6, 6.07) is 21.9. The summed E-state index contributed by atoms with van der Waals surface area (Å²) in [4.78, 5) is 16.7. The summed E-state index contributed by atoms with van der Waals surface area (Å²) in [5.41, 5.74) is 3.15. The molecule has 6 nitrogen and oxygen atoms in total. The lowest BCUT2D eigenvalue weighted by Gasteiger charge is -2.10. The van der Waals surface area contributed by atoms with Crippen molar-refractivity contribution in [2.75, 3.05) is 11.9 Å². The SMILES string of the molecule is Cc1ccccc1-c1nc(-c2ccccc2OCC(=O)Nc2cccc(Cl)c2)no1. The predicted octanol–water partition coefficient (Wildman–Crippen LogP) is 5.38. The summed E-state index contributed by atoms with van der Waals surface area (Å²) in [6.45, 7) is 1.81. The van der Waals surface area contributed by atoms with Gasteiger partial charge in [0, 0.05) is 16.3 Å². The second-order valence-corrected chi connectivity index (χ2v) is 7.02. The molecule has 1 amide bonds. The zero-order valence-corrected chi connectivity index (χ0v) is 16.9. The smallest absolute Gasteiger partial charge is 0.262 e. The molecule has 0 aliphatic carbocycles. The van der Waals surface area contributed by atoms with E-state index < -0.39 is 0 Å². The fraction of sp³-hybridized carbons (Fsp3) is 0.0870. The molecule has 30 heavy (non-hydrogen) atoms. The number of hydrogen-bond donors (Lipinski definition) is 1. The lowest BCUT2D eigenvalue weighted by Crippen LogP contribution is -2.20. The molecule has 4 aromatic rings. The van der Waals surface area contributed by atoms with Crippen molar-refractivity contribution in [3.05, 3.63) is 83.4 Å². The van der Waals surface area contributed by atoms with E-state index in [2.05, 4.69) is 15.5 Å². The molecule has 1 heterocycles. The number of ether oxygens (including phenoxy) is 1. The zero-order chi connectivity index (χ0) is 20.9. The van der Waals surface area contributed by atoms with Crippen LogP contribution in [0, 0.1) is 6.92 Å². The van der Waals surface area contributed by atoms with E-state index in [0.717, 1.165) is 11.1 Å². The minimum absolute atomic E-state index is 0.175. The molecule has 4 rings (SSSR count). The highest BCUT2D eigenvalue weighted by Crippen LogP contribution is 2.30. The number of aromatic nitrogens is 2. The molecule has 0 spiro atoms. The topological polar surface area (TPSA) is 77.2 Å². The molecule has 1 aromatic heterocycles. The van der Waals surface area contributed by atoms with E-state index >= 15 is 0 Å². The van der Waals surface area contributed by atoms with Crippen LogP contribution in [-0.4, -0.2) is 22.7 Å². The third kappa shape index (κ3) is 4.50. The fourth-order valence-electron chi connectivity index (χ4n) is 2.94. The van der Waals surface area contributed by atoms with Crippen LogP contribution in [0.2, 0.25) is 5.02 Å². The molecular formula is C23H18ClN3O3. The van der Waals surface area contributed by atoms with Crippen LogP contribution >= 0.6 is 11.6 Å². The molecule has 0 aliphatic rings. The maximum Gasteiger partial charge on any atom is 0.262 e. The van der Waals surface area contributed by atoms with Crippen LogP contribution in [-0.2, 0) is 4.79 Å². The van der Waals surface area contributed by atoms with Gasteiger partial charge in [0.25, 0.3) is 11.8 Å². The maximum absolute atomic E-state index is 12.2. The van der Waals surface area contributed by atoms with Gasteiger partial charge in [-0.1, -0.05) is 53.2 Å². The highest BCUT2D eigenvalue weighted by atomic mass is 35.5. The van der Waals surface area contributed by atoms with Gasteiger partial charge < -0.3 is 14.6 Å². The van der Waals surface area contributed by atoms with Crippen LogP contribution in [0.1, 0.15) is 5.56 Å². The van der Waals surface area contributed by atoms with Crippen LogP contribution in [0.5, 0.6) is 5.75 Å². The van der Waals surface area contributed by atoms with E-state index in [1.165, 1.54) is 0 Å². The minimum Gasteiger partial charge on any atom is -0.483 e. The number of amides is 1. The first-order valence-corrected chi connectivity index (χ1v) is 9.65. The summed E-state index contributed by atoms with van der Waals surface area (Å²) in [5, 5.41) is 7.38. The van der Waals surface area contributed by atoms with Crippen molar-refractivity contribution in [1.82, 2.24) is 10.1 Å². The third-order valence-electron chi connectivity index (χ3n) is 4.40. The van der Waals surface area contributed by atoms with Gasteiger partial charge in [0.05, 0.1) is 5.56 Å². The molecule has 7 heteroatoms. The minimum atomic E-state index is -0.305. The van der Waals surface area contributed by atoms with E-state index in [1.54, 1.807) is 30.3 Å². The van der Waals surface area contributed by atoms with E-state index in [-0.39, 0.29) is 12.5 Å². The Kier molecular flexibility index (Phi) is 5.77. The molecule has 0 unspecified atom stereocenters. The van der Waals surface area contributed by atoms with E-state index in [9.17, 15) is 4.79 Å². The lowest BCUT2D eigenvalue weighted by molar-refractivity contribution is -0.118. The normalized spacial score (nSPS) is 10.6. The largest absolute Gasteiger partial charge is 0.483 e. The number of carbonyl (C=O) groups is 1. The molecule has 0 saturated carbocycles. The highest BCUT2D eigenvalue weighted by Gasteiger charge is 2.16. The van der Waals surface area contributed by atoms with Gasteiger partial charge in [-0.25, -0.2) is 0 Å². The Bertz CT molecular complexity index is 1190. The first-order chi connectivity index (χ1) is 14.6. The summed E-state index contributed by atoms with van der Waals surface area (Å²) in [5.74, 6) is 0.993. The maximum atomic E-state index is 12.2. The number of hydrogen-bond acceptors (Lipinski definition) is 5. The van der Waals surface area contributed by atoms with E-state index in [0.29, 0.717) is 33.7 Å². The van der Waals surface area contributed by atoms with Gasteiger partial charge in [-0.05, 0) is 48.9 Å². The van der Waals surface area contributed by atoms with Gasteiger partial charge in [-0.15, -0.1) is 0 Å². The molecule has 0 fully saturated rings. The molecule has 0 aliphatic heterocycles. The van der Waals surface area contributed by atoms with Gasteiger partial charge in [-0.3, -0.25) is 4.79 Å². The Labute approximate surface area is 178 Å². The number of halogens is 1. The van der Waals surface area contributed by atoms with Crippen LogP contribution in [0.15, 0.2) is 77.3 Å². The molecule has 0 atom stereocenters. The standard InChI is InChI=1S/C23H18ClN3O3/c1-15-7-2-3-10-18(15)23-26-22(27-30-23)19-11-4-5-12-20(19)29-14-21(28)25-17-9-6-8-16(24)13-17/h2-13H,14H2,1H3,(H,25,28). The Balaban J connectivity index is 1.49. The van der Waals surface area contributed by atoms with Gasteiger partial charge in [0.1, 0.15) is 5.75 Å². The Morgan fingerprint density at radius 2 is 1.80 bits per heavy atom. The monoisotopic (exact) mass is 419 g/mol. The number of aryl methyl sites for hydroxylation is 1. The number of para-hydroxylation sites is 1. The van der Waals surface area contributed by atoms with Crippen molar-refractivity contribution >= 4 is 23.2 Å². The molecule has 0 bridgehead atoms. The van der Waals surface area contributed by atoms with Crippen LogP contribution < -0.4 is 10.1 Å². The molecule has 150 valence electrons. The van der Waals surface area contributed by atoms with Gasteiger partial charge in [0.2, 0.25) is 5.82 Å². The molecule has 3 aromatic carbocycles. The molecule has 0 saturated heterocycles. The van der Waals surface area contributed by atoms with Gasteiger partial charge >= 0.3 is 0 Å². The second-order valence-electron chi connectivity index (χ2n) is 6.58. The van der Waals surface area contributed by atoms with Crippen molar-refractivity contribution in [2.24, 2.45) is 0 Å². The second kappa shape index (κ2) is 8.80. The van der Waals surface area contributed by atoms with Crippen molar-refractivity contribution in [1.29, 1.82) is 0 Å². The Hall–Kier alpha value is -3.64. The molecule has 1 N–H and O–H groups in total. The number of anilines is 1. The average molecular weight is 420 g/mol. The van der Waals surface area contributed by atoms with Crippen molar-refractivity contribution in [2.45, 2.75) is 6.92 Å². The predicted molar refractivity (Wildman–Crippen MR) is 115 cm³/mol. The van der Waals surface area contributed by atoms with Gasteiger partial charge in [-0.2, -0.15) is 4.98 Å². The molecular weight excluding hydrogens is 402 g/mol. The first-order valence-electron chi connectivity index (χ1n) is 9.27. The van der Waals surface area contributed by atoms with Crippen LogP contribution in [0.25, 0.3) is 22.8 Å². The van der Waals surface area contributed by atoms with Crippen molar-refractivity contribution in [3.63, 3.8) is 0 Å². The summed E-state index contributed by atoms with van der Waals surface area (Å²) < 4.78 is 11.2. The highest BCUT2D eigenvalue weighted by molar-refractivity contribution is 6.30. The Morgan fingerprint density at radius 3 is 2.60 bits per heavy atom. The third-order valence-corrected chi connectivity index (χ3v) is 4.63. The number of carbonyl (C=O) groups excluding carboxylic acids is 1. The lowest BCUT2D eigenvalue weighted by atomic mass is 10.1. The Morgan fingerprint density at radius 1 is 1.03 bits per heavy atom. The summed E-state index contributed by atoms with van der Waals surface area (Å²) in [6.07, 6.45) is 0.